The Kier molecular flexibility index (Phi) is 8.45. The summed E-state index contributed by atoms with van der Waals surface area (Å²) in [6.45, 7) is 4.33. The zero-order chi connectivity index (χ0) is 39.3. The van der Waals surface area contributed by atoms with Gasteiger partial charge in [0.25, 0.3) is 0 Å². The number of allylic oxidation sites excluding steroid dienone is 4. The minimum atomic E-state index is 1.02. The maximum absolute atomic E-state index is 4.33. The van der Waals surface area contributed by atoms with Crippen molar-refractivity contribution in [2.24, 2.45) is 0 Å². The molecule has 11 rings (SSSR count). The van der Waals surface area contributed by atoms with Crippen LogP contribution in [0.2, 0.25) is 0 Å². The van der Waals surface area contributed by atoms with Crippen LogP contribution in [0, 0.1) is 0 Å². The molecule has 1 aliphatic heterocycles. The standard InChI is InChI=1S/C56H41N3/c1-2-48-50-24-13-17-41-18-14-26-55(56(41)50)59(44-21-7-4-8-22-44)53(48)35-29-39-27-31-45(32-28-39)57(46-33-30-40-15-9-10-16-42(40)37-46)47-34-36-54-51(38-47)49-23-11-12-25-52(49)58(54)43-19-5-3-6-20-43/h2-13,15-17,19-38H,1,14,18H2/b35-29+. The van der Waals surface area contributed by atoms with Gasteiger partial charge in [0, 0.05) is 50.3 Å². The smallest absolute Gasteiger partial charge is 0.0542 e. The zero-order valence-electron chi connectivity index (χ0n) is 32.7. The fourth-order valence-electron chi connectivity index (χ4n) is 9.26. The van der Waals surface area contributed by atoms with Gasteiger partial charge in [-0.25, -0.2) is 0 Å². The second kappa shape index (κ2) is 14.4. The van der Waals surface area contributed by atoms with Gasteiger partial charge in [-0.1, -0.05) is 140 Å². The summed E-state index contributed by atoms with van der Waals surface area (Å²) in [5, 5.41) is 4.88. The molecule has 9 aromatic rings. The van der Waals surface area contributed by atoms with E-state index in [9.17, 15) is 0 Å². The van der Waals surface area contributed by atoms with Crippen LogP contribution in [0.4, 0.5) is 22.7 Å². The van der Waals surface area contributed by atoms with Crippen LogP contribution in [-0.2, 0) is 6.42 Å². The lowest BCUT2D eigenvalue weighted by atomic mass is 9.83. The molecule has 0 unspecified atom stereocenters. The molecule has 59 heavy (non-hydrogen) atoms. The SMILES string of the molecule is C=CC1=C(/C=C/c2ccc(N(c3ccc4ccccc4c3)c3ccc4c(c3)c3ccccc3n4-c3ccccc3)cc2)N(c2ccccc2)C2=CCCc3cccc1c32. The Labute approximate surface area is 345 Å². The third-order valence-electron chi connectivity index (χ3n) is 11.9. The number of aryl methyl sites for hydroxylation is 1. The number of anilines is 4. The molecule has 280 valence electrons. The molecular weight excluding hydrogens is 715 g/mol. The van der Waals surface area contributed by atoms with Gasteiger partial charge in [-0.05, 0) is 119 Å². The monoisotopic (exact) mass is 755 g/mol. The molecule has 0 N–H and O–H groups in total. The Hall–Kier alpha value is -7.62. The Balaban J connectivity index is 1.02. The van der Waals surface area contributed by atoms with Crippen LogP contribution < -0.4 is 9.80 Å². The molecule has 8 aromatic carbocycles. The van der Waals surface area contributed by atoms with Gasteiger partial charge in [-0.3, -0.25) is 0 Å². The molecule has 0 saturated heterocycles. The molecule has 0 atom stereocenters. The van der Waals surface area contributed by atoms with Crippen LogP contribution in [-0.4, -0.2) is 4.57 Å². The number of rotatable bonds is 8. The molecule has 0 radical (unpaired) electrons. The second-order valence-electron chi connectivity index (χ2n) is 15.3. The number of fused-ring (bicyclic) bond motifs is 4. The summed E-state index contributed by atoms with van der Waals surface area (Å²) >= 11 is 0. The topological polar surface area (TPSA) is 11.4 Å². The van der Waals surface area contributed by atoms with Crippen LogP contribution in [0.15, 0.2) is 219 Å². The quantitative estimate of drug-likeness (QED) is 0.153. The van der Waals surface area contributed by atoms with E-state index in [1.807, 2.05) is 6.08 Å². The summed E-state index contributed by atoms with van der Waals surface area (Å²) in [5.74, 6) is 0. The molecule has 0 fully saturated rings. The second-order valence-corrected chi connectivity index (χ2v) is 15.3. The van der Waals surface area contributed by atoms with Gasteiger partial charge in [0.2, 0.25) is 0 Å². The van der Waals surface area contributed by atoms with Gasteiger partial charge in [-0.2, -0.15) is 0 Å². The molecule has 1 aliphatic carbocycles. The third kappa shape index (κ3) is 5.90. The van der Waals surface area contributed by atoms with Crippen LogP contribution in [0.25, 0.3) is 55.6 Å². The van der Waals surface area contributed by atoms with Crippen LogP contribution in [0.5, 0.6) is 0 Å². The first kappa shape index (κ1) is 34.6. The number of benzene rings is 8. The third-order valence-corrected chi connectivity index (χ3v) is 11.9. The van der Waals surface area contributed by atoms with Gasteiger partial charge in [0.05, 0.1) is 22.4 Å². The highest BCUT2D eigenvalue weighted by Gasteiger charge is 2.31. The van der Waals surface area contributed by atoms with E-state index >= 15 is 0 Å². The summed E-state index contributed by atoms with van der Waals surface area (Å²) < 4.78 is 2.37. The number of para-hydroxylation sites is 3. The van der Waals surface area contributed by atoms with E-state index in [1.165, 1.54) is 55.0 Å². The van der Waals surface area contributed by atoms with Gasteiger partial charge >= 0.3 is 0 Å². The van der Waals surface area contributed by atoms with E-state index < -0.39 is 0 Å². The predicted octanol–water partition coefficient (Wildman–Crippen LogP) is 14.8. The summed E-state index contributed by atoms with van der Waals surface area (Å²) in [7, 11) is 0. The average Bonchev–Trinajstić information content (AvgIpc) is 3.63. The maximum atomic E-state index is 4.33. The number of hydrogen-bond donors (Lipinski definition) is 0. The Bertz CT molecular complexity index is 3160. The highest BCUT2D eigenvalue weighted by atomic mass is 15.2. The van der Waals surface area contributed by atoms with Crippen molar-refractivity contribution in [3.05, 3.63) is 241 Å². The molecule has 2 heterocycles. The largest absolute Gasteiger partial charge is 0.310 e. The molecule has 0 spiro atoms. The van der Waals surface area contributed by atoms with Crippen molar-refractivity contribution in [3.8, 4) is 5.69 Å². The summed E-state index contributed by atoms with van der Waals surface area (Å²) in [6, 6.07) is 68.0. The minimum absolute atomic E-state index is 1.02. The molecule has 2 aliphatic rings. The van der Waals surface area contributed by atoms with Crippen molar-refractivity contribution < 1.29 is 0 Å². The lowest BCUT2D eigenvalue weighted by Gasteiger charge is -2.38. The normalized spacial score (nSPS) is 13.6. The van der Waals surface area contributed by atoms with Gasteiger partial charge < -0.3 is 14.4 Å². The maximum Gasteiger partial charge on any atom is 0.0542 e. The lowest BCUT2D eigenvalue weighted by Crippen LogP contribution is -2.27. The van der Waals surface area contributed by atoms with E-state index in [1.54, 1.807) is 0 Å². The lowest BCUT2D eigenvalue weighted by molar-refractivity contribution is 0.957. The van der Waals surface area contributed by atoms with Crippen molar-refractivity contribution in [1.82, 2.24) is 4.57 Å². The summed E-state index contributed by atoms with van der Waals surface area (Å²) in [5.41, 5.74) is 16.6. The van der Waals surface area contributed by atoms with E-state index in [2.05, 4.69) is 227 Å². The van der Waals surface area contributed by atoms with Crippen LogP contribution in [0.1, 0.15) is 28.7 Å². The summed E-state index contributed by atoms with van der Waals surface area (Å²) in [4.78, 5) is 4.80. The first-order chi connectivity index (χ1) is 29.2. The molecular formula is C56H41N3. The molecule has 0 amide bonds. The number of hydrogen-bond acceptors (Lipinski definition) is 2. The summed E-state index contributed by atoms with van der Waals surface area (Å²) in [6.07, 6.45) is 11.0. The fourth-order valence-corrected chi connectivity index (χ4v) is 9.26. The van der Waals surface area contributed by atoms with Crippen molar-refractivity contribution in [2.75, 3.05) is 9.80 Å². The Morgan fingerprint density at radius 1 is 0.525 bits per heavy atom. The zero-order valence-corrected chi connectivity index (χ0v) is 32.7. The highest BCUT2D eigenvalue weighted by Crippen LogP contribution is 2.46. The van der Waals surface area contributed by atoms with E-state index in [-0.39, 0.29) is 0 Å². The van der Waals surface area contributed by atoms with Gasteiger partial charge in [0.15, 0.2) is 0 Å². The van der Waals surface area contributed by atoms with Crippen LogP contribution >= 0.6 is 0 Å². The fraction of sp³-hybridized carbons (Fsp3) is 0.0357. The van der Waals surface area contributed by atoms with Gasteiger partial charge in [0.1, 0.15) is 0 Å². The number of nitrogens with zero attached hydrogens (tertiary/aromatic N) is 3. The molecule has 1 aromatic heterocycles. The van der Waals surface area contributed by atoms with Gasteiger partial charge in [-0.15, -0.1) is 0 Å². The highest BCUT2D eigenvalue weighted by molar-refractivity contribution is 6.11. The van der Waals surface area contributed by atoms with Crippen LogP contribution in [0.3, 0.4) is 0 Å². The first-order valence-electron chi connectivity index (χ1n) is 20.4. The van der Waals surface area contributed by atoms with E-state index in [4.69, 9.17) is 0 Å². The van der Waals surface area contributed by atoms with E-state index in [0.717, 1.165) is 58.1 Å². The Morgan fingerprint density at radius 2 is 1.20 bits per heavy atom. The van der Waals surface area contributed by atoms with Crippen molar-refractivity contribution in [2.45, 2.75) is 12.8 Å². The molecule has 0 saturated carbocycles. The Morgan fingerprint density at radius 3 is 2.02 bits per heavy atom. The molecule has 3 nitrogen and oxygen atoms in total. The minimum Gasteiger partial charge on any atom is -0.310 e. The number of aromatic nitrogens is 1. The molecule has 3 heteroatoms. The predicted molar refractivity (Wildman–Crippen MR) is 251 cm³/mol. The average molecular weight is 756 g/mol. The van der Waals surface area contributed by atoms with Crippen molar-refractivity contribution in [1.29, 1.82) is 0 Å². The van der Waals surface area contributed by atoms with Crippen molar-refractivity contribution >= 4 is 72.7 Å². The van der Waals surface area contributed by atoms with E-state index in [0.29, 0.717) is 0 Å². The molecule has 0 bridgehead atoms. The van der Waals surface area contributed by atoms with Crippen molar-refractivity contribution in [3.63, 3.8) is 0 Å². The first-order valence-corrected chi connectivity index (χ1v) is 20.4.